The molecule has 6 amide bonds. The molecule has 6 saturated carbocycles. The van der Waals surface area contributed by atoms with E-state index >= 15 is 0 Å². The summed E-state index contributed by atoms with van der Waals surface area (Å²) in [6, 6.07) is 6.74. The fourth-order valence-electron chi connectivity index (χ4n) is 19.1. The molecule has 10 fully saturated rings. The van der Waals surface area contributed by atoms with Crippen molar-refractivity contribution in [2.24, 2.45) is 46.3 Å². The number of fused-ring (bicyclic) bond motifs is 4. The monoisotopic (exact) mass is 1860 g/mol. The number of rotatable bonds is 34. The van der Waals surface area contributed by atoms with E-state index in [1.165, 1.54) is 58.5 Å². The molecule has 129 heavy (non-hydrogen) atoms. The number of esters is 1. The highest BCUT2D eigenvalue weighted by Gasteiger charge is 2.64. The summed E-state index contributed by atoms with van der Waals surface area (Å²) in [5.41, 5.74) is -1.40. The molecule has 36 heteroatoms. The summed E-state index contributed by atoms with van der Waals surface area (Å²) in [6.07, 6.45) is 8.42. The largest absolute Gasteiger partial charge is 0.491 e. The average molecular weight is 1860 g/mol. The van der Waals surface area contributed by atoms with Crippen LogP contribution in [0.4, 0.5) is 19.9 Å². The Morgan fingerprint density at radius 2 is 0.938 bits per heavy atom. The fourth-order valence-corrected chi connectivity index (χ4v) is 21.3. The van der Waals surface area contributed by atoms with Crippen LogP contribution >= 0.6 is 45.9 Å². The van der Waals surface area contributed by atoms with Gasteiger partial charge in [0, 0.05) is 124 Å². The first kappa shape index (κ1) is 94.2. The normalized spacial score (nSPS) is 27.7. The Morgan fingerprint density at radius 3 is 1.29 bits per heavy atom. The number of hydrogen-bond donors (Lipinski definition) is 7. The third-order valence-electron chi connectivity index (χ3n) is 26.7. The van der Waals surface area contributed by atoms with E-state index in [0.717, 1.165) is 69.8 Å². The van der Waals surface area contributed by atoms with E-state index in [2.05, 4.69) is 54.9 Å². The lowest BCUT2D eigenvalue weighted by Gasteiger charge is -2.35. The van der Waals surface area contributed by atoms with Crippen molar-refractivity contribution in [3.63, 3.8) is 0 Å². The molecule has 4 aliphatic heterocycles. The maximum atomic E-state index is 14.9. The van der Waals surface area contributed by atoms with E-state index in [9.17, 15) is 43.5 Å². The molecule has 8 heterocycles. The van der Waals surface area contributed by atoms with Crippen LogP contribution in [0.5, 0.6) is 23.0 Å². The van der Waals surface area contributed by atoms with Crippen LogP contribution in [0, 0.1) is 46.3 Å². The molecule has 6 aromatic rings. The van der Waals surface area contributed by atoms with Gasteiger partial charge in [-0.2, -0.15) is 0 Å². The van der Waals surface area contributed by atoms with Gasteiger partial charge in [0.15, 0.2) is 10.3 Å². The van der Waals surface area contributed by atoms with Gasteiger partial charge in [0.2, 0.25) is 23.6 Å². The Kier molecular flexibility index (Phi) is 28.3. The zero-order valence-electron chi connectivity index (χ0n) is 75.7. The Labute approximate surface area is 770 Å². The van der Waals surface area contributed by atoms with Crippen molar-refractivity contribution in [1.82, 2.24) is 60.8 Å². The van der Waals surface area contributed by atoms with E-state index < -0.39 is 112 Å². The number of alkyl carbamates (subject to hydrolysis) is 2. The standard InChI is InChI=1S/C47H62ClN7O9S.C46H60ClN7O9S/c1-9-28-21-47(28,43(58)61-8)53-41(56)35-19-31(23-55(35)42(57)40(46(4,5)6)52-45(59)64-30-17-26-16-27(26)18-30)63-37-20-33(34-24-65-44(51-34)49-25(2)3)50-39-32(37)10-11-36(38(39)48)62-15-14-54-13-12-29(22-54)60-7;1-8-27-20-46(27,42(57)58)52-40(55)34-18-30(22-54(34)41(56)39(45(4,5)6)51-44(59)63-29-16-25-15-26(25)17-29)62-36-19-32(33-23-64-43(50-33)48-24(2)3)49-38-31(36)9-10-35(37(38)47)61-14-13-53-12-11-28(21-53)60-7/h9-11,20,24-31,35,40H,1,12-19,21-23H2,2-8H3,(H,49,51)(H,52,59)(H,53,56);8-10,19,23-30,34,39H,1,11-18,20-22H2,2-7H3,(H,48,50)(H,51,59)(H,52,55)(H,57,58)/t26-,27+,28-,29-,30?,31-,35+,40-,47?;25-,26+,27-,28-,29?,30-,34+,39-,46?/m11/s1. The number of halogens is 2. The lowest BCUT2D eigenvalue weighted by molar-refractivity contribution is -0.148. The van der Waals surface area contributed by atoms with Gasteiger partial charge in [-0.05, 0) is 151 Å². The minimum absolute atomic E-state index is 0.0179. The number of thiazole rings is 2. The summed E-state index contributed by atoms with van der Waals surface area (Å²) < 4.78 is 53.9. The molecule has 4 unspecified atom stereocenters. The molecular formula is C93H122Cl2N14O18S2. The van der Waals surface area contributed by atoms with Crippen LogP contribution in [-0.2, 0) is 52.5 Å². The number of pyridine rings is 2. The Bertz CT molecular complexity index is 5200. The summed E-state index contributed by atoms with van der Waals surface area (Å²) in [7, 11) is 4.73. The summed E-state index contributed by atoms with van der Waals surface area (Å²) in [6.45, 7) is 32.4. The molecule has 4 saturated heterocycles. The number of nitrogens with one attached hydrogen (secondary N) is 6. The van der Waals surface area contributed by atoms with E-state index in [-0.39, 0.29) is 79.8 Å². The van der Waals surface area contributed by atoms with E-state index in [1.807, 2.05) is 92.1 Å². The number of carbonyl (C=O) groups is 8. The molecule has 7 N–H and O–H groups in total. The number of carboxylic acid groups (broad SMARTS) is 1. The first-order valence-electron chi connectivity index (χ1n) is 45.0. The highest BCUT2D eigenvalue weighted by Crippen LogP contribution is 2.55. The van der Waals surface area contributed by atoms with Gasteiger partial charge in [0.25, 0.3) is 0 Å². The molecule has 4 aromatic heterocycles. The van der Waals surface area contributed by atoms with Crippen LogP contribution in [0.15, 0.2) is 72.5 Å². The molecule has 16 rings (SSSR count). The van der Waals surface area contributed by atoms with Gasteiger partial charge < -0.3 is 89.4 Å². The zero-order valence-corrected chi connectivity index (χ0v) is 78.8. The first-order chi connectivity index (χ1) is 61.4. The fraction of sp³-hybridized carbons (Fsp3) is 0.613. The number of anilines is 2. The van der Waals surface area contributed by atoms with Crippen LogP contribution in [0.1, 0.15) is 146 Å². The predicted octanol–water partition coefficient (Wildman–Crippen LogP) is 12.8. The summed E-state index contributed by atoms with van der Waals surface area (Å²) in [4.78, 5) is 138. The molecule has 18 atom stereocenters. The van der Waals surface area contributed by atoms with Gasteiger partial charge in [-0.1, -0.05) is 76.9 Å². The molecule has 0 radical (unpaired) electrons. The second-order valence-electron chi connectivity index (χ2n) is 39.0. The number of carboxylic acids is 1. The number of benzene rings is 2. The van der Waals surface area contributed by atoms with Crippen molar-refractivity contribution in [2.75, 3.05) is 97.5 Å². The van der Waals surface area contributed by atoms with Gasteiger partial charge in [-0.15, -0.1) is 35.8 Å². The van der Waals surface area contributed by atoms with Crippen LogP contribution in [0.3, 0.4) is 0 Å². The van der Waals surface area contributed by atoms with Crippen LogP contribution < -0.4 is 50.8 Å². The maximum Gasteiger partial charge on any atom is 0.408 e. The molecule has 10 aliphatic rings. The lowest BCUT2D eigenvalue weighted by Crippen LogP contribution is -2.59. The number of nitrogens with zero attached hydrogens (tertiary/aromatic N) is 8. The SMILES string of the molecule is C=C[C@@H]1CC1(NC(=O)[C@@H]1C[C@@H](Oc2cc(-c3csc(NC(C)C)n3)nc3c(Cl)c(OCCN4CC[C@@H](OC)C4)ccc23)CN1C(=O)[C@@H](NC(=O)OC1C[C@@H]2C[C@@H]2C1)C(C)(C)C)C(=O)O.C=C[C@@H]1CC1(NC(=O)[C@@H]1C[C@@H](Oc2cc(-c3csc(NC(C)C)n3)nc3c(Cl)c(OCCN4CC[C@@H](OC)C4)ccc23)CN1C(=O)[C@@H](NC(=O)OC1C[C@@H]2C[C@@H]2C1)C(C)(C)C)C(=O)OC. The molecule has 2 aromatic carbocycles. The summed E-state index contributed by atoms with van der Waals surface area (Å²) in [5.74, 6) is -0.685. The predicted molar refractivity (Wildman–Crippen MR) is 490 cm³/mol. The lowest BCUT2D eigenvalue weighted by atomic mass is 9.85. The highest BCUT2D eigenvalue weighted by molar-refractivity contribution is 7.14. The second kappa shape index (κ2) is 38.8. The van der Waals surface area contributed by atoms with E-state index in [4.69, 9.17) is 85.8 Å². The zero-order chi connectivity index (χ0) is 92.0. The van der Waals surface area contributed by atoms with Crippen LogP contribution in [0.2, 0.25) is 10.0 Å². The van der Waals surface area contributed by atoms with Crippen molar-refractivity contribution in [3.8, 4) is 45.8 Å². The smallest absolute Gasteiger partial charge is 0.408 e. The minimum Gasteiger partial charge on any atom is -0.491 e. The third kappa shape index (κ3) is 21.4. The molecular weight excluding hydrogens is 1740 g/mol. The average Bonchev–Trinajstić information content (AvgIpc) is 1.58. The molecule has 6 aliphatic carbocycles. The maximum absolute atomic E-state index is 14.9. The number of methoxy groups -OCH3 is 3. The number of ether oxygens (including phenoxy) is 9. The van der Waals surface area contributed by atoms with Gasteiger partial charge in [-0.3, -0.25) is 29.0 Å². The molecule has 32 nitrogen and oxygen atoms in total. The minimum atomic E-state index is -1.54. The Morgan fingerprint density at radius 1 is 0.535 bits per heavy atom. The first-order valence-corrected chi connectivity index (χ1v) is 47.5. The molecule has 0 bridgehead atoms. The van der Waals surface area contributed by atoms with Crippen molar-refractivity contribution >= 4 is 126 Å². The summed E-state index contributed by atoms with van der Waals surface area (Å²) in [5, 5.41) is 35.2. The van der Waals surface area contributed by atoms with Crippen molar-refractivity contribution < 1.29 is 86.1 Å². The third-order valence-corrected chi connectivity index (χ3v) is 29.0. The van der Waals surface area contributed by atoms with Gasteiger partial charge in [-0.25, -0.2) is 39.1 Å². The van der Waals surface area contributed by atoms with E-state index in [0.29, 0.717) is 134 Å². The van der Waals surface area contributed by atoms with Crippen LogP contribution in [0.25, 0.3) is 44.6 Å². The highest BCUT2D eigenvalue weighted by atomic mass is 35.5. The van der Waals surface area contributed by atoms with Gasteiger partial charge in [0.05, 0.1) is 54.8 Å². The second-order valence-corrected chi connectivity index (χ2v) is 41.5. The quantitative estimate of drug-likeness (QED) is 0.0112. The number of carbonyl (C=O) groups excluding carboxylic acids is 7. The number of amides is 6. The van der Waals surface area contributed by atoms with Crippen molar-refractivity contribution in [3.05, 3.63) is 82.5 Å². The van der Waals surface area contributed by atoms with Crippen molar-refractivity contribution in [2.45, 2.75) is 230 Å². The van der Waals surface area contributed by atoms with E-state index in [1.54, 1.807) is 44.6 Å². The Hall–Kier alpha value is -9.42. The topological polar surface area (TPSA) is 377 Å². The number of hydrogen-bond acceptors (Lipinski definition) is 27. The van der Waals surface area contributed by atoms with Crippen molar-refractivity contribution in [1.29, 1.82) is 0 Å². The summed E-state index contributed by atoms with van der Waals surface area (Å²) >= 11 is 17.2. The van der Waals surface area contributed by atoms with Gasteiger partial charge >= 0.3 is 24.1 Å². The number of aromatic nitrogens is 4. The molecule has 698 valence electrons. The number of aliphatic carboxylic acids is 1. The molecule has 0 spiro atoms. The van der Waals surface area contributed by atoms with Crippen LogP contribution in [-0.4, -0.2) is 263 Å². The Balaban J connectivity index is 0.000000198. The number of likely N-dealkylation sites (tertiary alicyclic amines) is 4. The van der Waals surface area contributed by atoms with Gasteiger partial charge in [0.1, 0.15) is 117 Å².